The minimum Gasteiger partial charge on any atom is -0.492 e. The van der Waals surface area contributed by atoms with Gasteiger partial charge in [0.2, 0.25) is 11.8 Å². The summed E-state index contributed by atoms with van der Waals surface area (Å²) >= 11 is 5.41. The molecule has 0 amide bonds. The van der Waals surface area contributed by atoms with Crippen LogP contribution in [0.15, 0.2) is 0 Å². The Kier molecular flexibility index (Phi) is 2.77. The molecule has 13 heavy (non-hydrogen) atoms. The molecule has 6 heteroatoms. The van der Waals surface area contributed by atoms with E-state index in [1.54, 1.807) is 13.8 Å². The fourth-order valence-corrected chi connectivity index (χ4v) is 0.752. The van der Waals surface area contributed by atoms with E-state index < -0.39 is 11.8 Å². The van der Waals surface area contributed by atoms with Crippen molar-refractivity contribution in [3.8, 4) is 17.8 Å². The first kappa shape index (κ1) is 9.85. The summed E-state index contributed by atoms with van der Waals surface area (Å²) in [5.41, 5.74) is 0. The molecular weight excluding hydrogens is 196 g/mol. The lowest BCUT2D eigenvalue weighted by molar-refractivity contribution is 0.216. The van der Waals surface area contributed by atoms with Crippen molar-refractivity contribution in [3.63, 3.8) is 0 Å². The number of aromatic hydroxyl groups is 2. The largest absolute Gasteiger partial charge is 0.492 e. The predicted molar refractivity (Wildman–Crippen MR) is 46.1 cm³/mol. The molecule has 0 spiro atoms. The first-order valence-electron chi connectivity index (χ1n) is 3.63. The summed E-state index contributed by atoms with van der Waals surface area (Å²) in [6.45, 7) is 3.54. The number of halogens is 1. The molecule has 0 aliphatic heterocycles. The van der Waals surface area contributed by atoms with E-state index in [1.165, 1.54) is 0 Å². The van der Waals surface area contributed by atoms with Crippen molar-refractivity contribution < 1.29 is 14.9 Å². The maximum Gasteiger partial charge on any atom is 0.323 e. The number of hydrogen-bond acceptors (Lipinski definition) is 5. The van der Waals surface area contributed by atoms with Crippen LogP contribution in [0.25, 0.3) is 0 Å². The van der Waals surface area contributed by atoms with Gasteiger partial charge in [-0.2, -0.15) is 9.97 Å². The Bertz CT molecular complexity index is 294. The molecule has 0 radical (unpaired) electrons. The van der Waals surface area contributed by atoms with Crippen LogP contribution in [0.2, 0.25) is 5.02 Å². The van der Waals surface area contributed by atoms with Gasteiger partial charge in [-0.15, -0.1) is 0 Å². The third-order valence-electron chi connectivity index (χ3n) is 1.14. The van der Waals surface area contributed by atoms with Gasteiger partial charge in [0.1, 0.15) is 0 Å². The Morgan fingerprint density at radius 2 is 1.69 bits per heavy atom. The maximum atomic E-state index is 9.07. The van der Waals surface area contributed by atoms with Gasteiger partial charge in [0, 0.05) is 0 Å². The van der Waals surface area contributed by atoms with E-state index >= 15 is 0 Å². The average Bonchev–Trinajstić information content (AvgIpc) is 1.98. The molecule has 1 heterocycles. The number of rotatable bonds is 2. The Hall–Kier alpha value is -1.23. The van der Waals surface area contributed by atoms with Crippen LogP contribution in [0, 0.1) is 0 Å². The molecule has 0 saturated carbocycles. The molecule has 0 aliphatic rings. The molecule has 1 aromatic heterocycles. The lowest BCUT2D eigenvalue weighted by Crippen LogP contribution is -2.08. The van der Waals surface area contributed by atoms with Crippen molar-refractivity contribution in [2.24, 2.45) is 0 Å². The molecule has 0 aromatic carbocycles. The van der Waals surface area contributed by atoms with Gasteiger partial charge in [-0.25, -0.2) is 0 Å². The summed E-state index contributed by atoms with van der Waals surface area (Å²) in [7, 11) is 0. The van der Waals surface area contributed by atoms with Crippen molar-refractivity contribution in [2.45, 2.75) is 20.0 Å². The fourth-order valence-electron chi connectivity index (χ4n) is 0.668. The first-order valence-corrected chi connectivity index (χ1v) is 4.00. The second-order valence-corrected chi connectivity index (χ2v) is 3.01. The van der Waals surface area contributed by atoms with Crippen LogP contribution in [0.1, 0.15) is 13.8 Å². The highest BCUT2D eigenvalue weighted by Gasteiger charge is 2.12. The molecule has 5 nitrogen and oxygen atoms in total. The second kappa shape index (κ2) is 3.66. The number of nitrogens with zero attached hydrogens (tertiary/aromatic N) is 2. The Balaban J connectivity index is 2.99. The standard InChI is InChI=1S/C7H9ClN2O3/c1-3(2)13-7-9-5(11)4(8)6(12)10-7/h3H,1-2H3,(H2,9,10,11,12). The lowest BCUT2D eigenvalue weighted by atomic mass is 10.5. The smallest absolute Gasteiger partial charge is 0.323 e. The molecule has 1 aromatic rings. The van der Waals surface area contributed by atoms with E-state index in [0.29, 0.717) is 0 Å². The van der Waals surface area contributed by atoms with Gasteiger partial charge < -0.3 is 14.9 Å². The number of aromatic nitrogens is 2. The van der Waals surface area contributed by atoms with E-state index in [9.17, 15) is 0 Å². The highest BCUT2D eigenvalue weighted by Crippen LogP contribution is 2.30. The van der Waals surface area contributed by atoms with E-state index in [4.69, 9.17) is 26.6 Å². The summed E-state index contributed by atoms with van der Waals surface area (Å²) in [4.78, 5) is 7.01. The van der Waals surface area contributed by atoms with E-state index in [1.807, 2.05) is 0 Å². The van der Waals surface area contributed by atoms with E-state index in [2.05, 4.69) is 9.97 Å². The average molecular weight is 205 g/mol. The van der Waals surface area contributed by atoms with Crippen LogP contribution in [-0.2, 0) is 0 Å². The van der Waals surface area contributed by atoms with Gasteiger partial charge in [-0.05, 0) is 13.8 Å². The molecule has 1 rings (SSSR count). The van der Waals surface area contributed by atoms with Crippen molar-refractivity contribution >= 4 is 11.6 Å². The van der Waals surface area contributed by atoms with Crippen LogP contribution in [0.3, 0.4) is 0 Å². The Labute approximate surface area is 80.0 Å². The summed E-state index contributed by atoms with van der Waals surface area (Å²) in [6.07, 6.45) is -0.139. The van der Waals surface area contributed by atoms with Gasteiger partial charge in [0.05, 0.1) is 6.10 Å². The van der Waals surface area contributed by atoms with E-state index in [-0.39, 0.29) is 17.1 Å². The molecule has 0 unspecified atom stereocenters. The fraction of sp³-hybridized carbons (Fsp3) is 0.429. The summed E-state index contributed by atoms with van der Waals surface area (Å²) in [5, 5.41) is 17.9. The first-order chi connectivity index (χ1) is 6.00. The molecule has 0 aliphatic carbocycles. The third-order valence-corrected chi connectivity index (χ3v) is 1.47. The minimum absolute atomic E-state index is 0.102. The molecule has 2 N–H and O–H groups in total. The summed E-state index contributed by atoms with van der Waals surface area (Å²) in [6, 6.07) is -0.102. The molecule has 72 valence electrons. The van der Waals surface area contributed by atoms with Crippen LogP contribution < -0.4 is 4.74 Å². The zero-order chi connectivity index (χ0) is 10.0. The lowest BCUT2D eigenvalue weighted by Gasteiger charge is -2.07. The minimum atomic E-state index is -0.496. The van der Waals surface area contributed by atoms with Crippen molar-refractivity contribution in [2.75, 3.05) is 0 Å². The normalized spacial score (nSPS) is 10.5. The zero-order valence-electron chi connectivity index (χ0n) is 7.15. The third kappa shape index (κ3) is 2.35. The van der Waals surface area contributed by atoms with Crippen LogP contribution in [0.5, 0.6) is 17.8 Å². The maximum absolute atomic E-state index is 9.07. The van der Waals surface area contributed by atoms with Crippen LogP contribution in [0.4, 0.5) is 0 Å². The Morgan fingerprint density at radius 1 is 1.23 bits per heavy atom. The van der Waals surface area contributed by atoms with Crippen LogP contribution >= 0.6 is 11.6 Å². The van der Waals surface area contributed by atoms with Gasteiger partial charge in [-0.1, -0.05) is 11.6 Å². The molecule has 0 atom stereocenters. The Morgan fingerprint density at radius 3 is 2.08 bits per heavy atom. The second-order valence-electron chi connectivity index (χ2n) is 2.63. The van der Waals surface area contributed by atoms with Gasteiger partial charge in [0.25, 0.3) is 0 Å². The van der Waals surface area contributed by atoms with Crippen molar-refractivity contribution in [1.82, 2.24) is 9.97 Å². The SMILES string of the molecule is CC(C)Oc1nc(O)c(Cl)c(O)n1. The van der Waals surface area contributed by atoms with Gasteiger partial charge in [-0.3, -0.25) is 0 Å². The van der Waals surface area contributed by atoms with Crippen molar-refractivity contribution in [1.29, 1.82) is 0 Å². The highest BCUT2D eigenvalue weighted by molar-refractivity contribution is 6.32. The zero-order valence-corrected chi connectivity index (χ0v) is 7.91. The summed E-state index contributed by atoms with van der Waals surface area (Å²) in [5.74, 6) is -0.991. The highest BCUT2D eigenvalue weighted by atomic mass is 35.5. The molecule has 0 saturated heterocycles. The van der Waals surface area contributed by atoms with Gasteiger partial charge in [0.15, 0.2) is 5.02 Å². The number of ether oxygens (including phenoxy) is 1. The molecule has 0 bridgehead atoms. The predicted octanol–water partition coefficient (Wildman–Crippen LogP) is 1.33. The number of hydrogen-bond donors (Lipinski definition) is 2. The quantitative estimate of drug-likeness (QED) is 0.760. The van der Waals surface area contributed by atoms with Crippen molar-refractivity contribution in [3.05, 3.63) is 5.02 Å². The molecular formula is C7H9ClN2O3. The summed E-state index contributed by atoms with van der Waals surface area (Å²) < 4.78 is 5.03. The molecule has 0 fully saturated rings. The van der Waals surface area contributed by atoms with E-state index in [0.717, 1.165) is 0 Å². The monoisotopic (exact) mass is 204 g/mol. The topological polar surface area (TPSA) is 75.5 Å². The van der Waals surface area contributed by atoms with Crippen LogP contribution in [-0.4, -0.2) is 26.3 Å². The van der Waals surface area contributed by atoms with Gasteiger partial charge >= 0.3 is 6.01 Å².